The molecule has 0 fully saturated rings. The third-order valence-electron chi connectivity index (χ3n) is 4.34. The summed E-state index contributed by atoms with van der Waals surface area (Å²) < 4.78 is 11.1. The number of amides is 1. The van der Waals surface area contributed by atoms with Crippen LogP contribution in [0.15, 0.2) is 53.1 Å². The van der Waals surface area contributed by atoms with E-state index in [0.29, 0.717) is 22.3 Å². The standard InChI is InChI=1S/C21H22ClN3O3/c1-4-15-9-5-8-12-18(15)27-14(2)21(26)25(3)13-19-23-20(24-28-19)16-10-6-7-11-17(16)22/h5-12,14H,4,13H2,1-3H3/t14-/m1/s1. The molecule has 3 aromatic rings. The fraction of sp³-hybridized carbons (Fsp3) is 0.286. The van der Waals surface area contributed by atoms with Crippen LogP contribution < -0.4 is 4.74 Å². The second-order valence-corrected chi connectivity index (χ2v) is 6.81. The molecular formula is C21H22ClN3O3. The van der Waals surface area contributed by atoms with E-state index in [1.165, 1.54) is 4.90 Å². The molecule has 2 aromatic carbocycles. The second kappa shape index (κ2) is 8.89. The van der Waals surface area contributed by atoms with Crippen molar-refractivity contribution < 1.29 is 14.1 Å². The smallest absolute Gasteiger partial charge is 0.263 e. The van der Waals surface area contributed by atoms with Crippen LogP contribution in [0.25, 0.3) is 11.4 Å². The number of aryl methyl sites for hydroxylation is 1. The number of rotatable bonds is 7. The Morgan fingerprint density at radius 3 is 2.68 bits per heavy atom. The van der Waals surface area contributed by atoms with Crippen molar-refractivity contribution in [1.29, 1.82) is 0 Å². The Hall–Kier alpha value is -2.86. The van der Waals surface area contributed by atoms with Gasteiger partial charge in [-0.2, -0.15) is 4.98 Å². The first-order chi connectivity index (χ1) is 13.5. The van der Waals surface area contributed by atoms with Gasteiger partial charge in [-0.3, -0.25) is 4.79 Å². The third-order valence-corrected chi connectivity index (χ3v) is 4.67. The maximum absolute atomic E-state index is 12.7. The topological polar surface area (TPSA) is 68.5 Å². The van der Waals surface area contributed by atoms with Crippen molar-refractivity contribution in [3.05, 3.63) is 65.0 Å². The average Bonchev–Trinajstić information content (AvgIpc) is 3.16. The minimum atomic E-state index is -0.636. The monoisotopic (exact) mass is 399 g/mol. The summed E-state index contributed by atoms with van der Waals surface area (Å²) >= 11 is 6.16. The van der Waals surface area contributed by atoms with E-state index in [1.807, 2.05) is 49.4 Å². The van der Waals surface area contributed by atoms with Gasteiger partial charge >= 0.3 is 0 Å². The highest BCUT2D eigenvalue weighted by Crippen LogP contribution is 2.25. The van der Waals surface area contributed by atoms with Crippen molar-refractivity contribution in [3.8, 4) is 17.1 Å². The molecule has 0 saturated carbocycles. The second-order valence-electron chi connectivity index (χ2n) is 6.41. The van der Waals surface area contributed by atoms with Crippen LogP contribution in [0, 0.1) is 0 Å². The molecule has 1 amide bonds. The van der Waals surface area contributed by atoms with E-state index in [4.69, 9.17) is 20.9 Å². The van der Waals surface area contributed by atoms with Crippen LogP contribution in [0.5, 0.6) is 5.75 Å². The summed E-state index contributed by atoms with van der Waals surface area (Å²) in [5, 5.41) is 4.49. The number of ether oxygens (including phenoxy) is 1. The van der Waals surface area contributed by atoms with Crippen molar-refractivity contribution in [2.24, 2.45) is 0 Å². The largest absolute Gasteiger partial charge is 0.481 e. The molecule has 1 atom stereocenters. The molecule has 146 valence electrons. The molecule has 3 rings (SSSR count). The van der Waals surface area contributed by atoms with Crippen LogP contribution in [0.3, 0.4) is 0 Å². The van der Waals surface area contributed by atoms with Gasteiger partial charge in [0, 0.05) is 12.6 Å². The molecule has 0 N–H and O–H groups in total. The van der Waals surface area contributed by atoms with Crippen molar-refractivity contribution in [2.45, 2.75) is 32.9 Å². The summed E-state index contributed by atoms with van der Waals surface area (Å²) in [6.07, 6.45) is 0.198. The number of aromatic nitrogens is 2. The molecule has 0 aliphatic heterocycles. The summed E-state index contributed by atoms with van der Waals surface area (Å²) in [7, 11) is 1.67. The van der Waals surface area contributed by atoms with E-state index in [2.05, 4.69) is 10.1 Å². The van der Waals surface area contributed by atoms with Gasteiger partial charge in [-0.15, -0.1) is 0 Å². The fourth-order valence-electron chi connectivity index (χ4n) is 2.81. The van der Waals surface area contributed by atoms with Crippen LogP contribution in [-0.4, -0.2) is 34.1 Å². The minimum absolute atomic E-state index is 0.177. The van der Waals surface area contributed by atoms with Crippen molar-refractivity contribution in [2.75, 3.05) is 7.05 Å². The quantitative estimate of drug-likeness (QED) is 0.589. The zero-order valence-electron chi connectivity index (χ0n) is 16.1. The molecule has 0 unspecified atom stereocenters. The van der Waals surface area contributed by atoms with E-state index >= 15 is 0 Å². The Morgan fingerprint density at radius 1 is 1.21 bits per heavy atom. The Bertz CT molecular complexity index is 957. The molecule has 0 aliphatic rings. The van der Waals surface area contributed by atoms with E-state index in [-0.39, 0.29) is 12.5 Å². The fourth-order valence-corrected chi connectivity index (χ4v) is 3.03. The number of carbonyl (C=O) groups excluding carboxylic acids is 1. The molecule has 7 heteroatoms. The number of likely N-dealkylation sites (N-methyl/N-ethyl adjacent to an activating group) is 1. The zero-order chi connectivity index (χ0) is 20.1. The molecule has 0 saturated heterocycles. The van der Waals surface area contributed by atoms with E-state index in [9.17, 15) is 4.79 Å². The summed E-state index contributed by atoms with van der Waals surface area (Å²) in [5.74, 6) is 1.26. The maximum Gasteiger partial charge on any atom is 0.263 e. The summed E-state index contributed by atoms with van der Waals surface area (Å²) in [6.45, 7) is 3.96. The maximum atomic E-state index is 12.7. The highest BCUT2D eigenvalue weighted by molar-refractivity contribution is 6.33. The SMILES string of the molecule is CCc1ccccc1O[C@H](C)C(=O)N(C)Cc1nc(-c2ccccc2Cl)no1. The zero-order valence-corrected chi connectivity index (χ0v) is 16.8. The first-order valence-electron chi connectivity index (χ1n) is 9.06. The summed E-state index contributed by atoms with van der Waals surface area (Å²) in [4.78, 5) is 18.5. The number of hydrogen-bond donors (Lipinski definition) is 0. The molecule has 0 aliphatic carbocycles. The number of para-hydroxylation sites is 1. The molecule has 1 aromatic heterocycles. The average molecular weight is 400 g/mol. The number of hydrogen-bond acceptors (Lipinski definition) is 5. The van der Waals surface area contributed by atoms with Crippen molar-refractivity contribution in [3.63, 3.8) is 0 Å². The normalized spacial score (nSPS) is 11.9. The Labute approximate surface area is 169 Å². The highest BCUT2D eigenvalue weighted by Gasteiger charge is 2.22. The van der Waals surface area contributed by atoms with Gasteiger partial charge in [-0.25, -0.2) is 0 Å². The highest BCUT2D eigenvalue weighted by atomic mass is 35.5. The van der Waals surface area contributed by atoms with Crippen LogP contribution >= 0.6 is 11.6 Å². The van der Waals surface area contributed by atoms with Crippen LogP contribution in [0.2, 0.25) is 5.02 Å². The van der Waals surface area contributed by atoms with Gasteiger partial charge in [-0.1, -0.05) is 54.0 Å². The Balaban J connectivity index is 1.65. The number of nitrogens with zero attached hydrogens (tertiary/aromatic N) is 3. The molecule has 0 radical (unpaired) electrons. The molecule has 0 bridgehead atoms. The van der Waals surface area contributed by atoms with E-state index < -0.39 is 6.10 Å². The lowest BCUT2D eigenvalue weighted by atomic mass is 10.1. The van der Waals surface area contributed by atoms with E-state index in [0.717, 1.165) is 17.7 Å². The molecule has 6 nitrogen and oxygen atoms in total. The van der Waals surface area contributed by atoms with E-state index in [1.54, 1.807) is 20.0 Å². The lowest BCUT2D eigenvalue weighted by molar-refractivity contribution is -0.137. The van der Waals surface area contributed by atoms with Gasteiger partial charge in [0.25, 0.3) is 5.91 Å². The molecular weight excluding hydrogens is 378 g/mol. The van der Waals surface area contributed by atoms with Crippen molar-refractivity contribution >= 4 is 17.5 Å². The molecule has 28 heavy (non-hydrogen) atoms. The molecule has 0 spiro atoms. The summed E-state index contributed by atoms with van der Waals surface area (Å²) in [6, 6.07) is 15.0. The van der Waals surface area contributed by atoms with Crippen molar-refractivity contribution in [1.82, 2.24) is 15.0 Å². The predicted octanol–water partition coefficient (Wildman–Crippen LogP) is 4.38. The number of carbonyl (C=O) groups is 1. The number of benzene rings is 2. The lowest BCUT2D eigenvalue weighted by Gasteiger charge is -2.21. The van der Waals surface area contributed by atoms with Crippen LogP contribution in [-0.2, 0) is 17.8 Å². The Morgan fingerprint density at radius 2 is 1.93 bits per heavy atom. The van der Waals surface area contributed by atoms with Gasteiger partial charge in [-0.05, 0) is 37.1 Å². The van der Waals surface area contributed by atoms with Gasteiger partial charge in [0.2, 0.25) is 11.7 Å². The van der Waals surface area contributed by atoms with Gasteiger partial charge in [0.1, 0.15) is 5.75 Å². The summed E-state index contributed by atoms with van der Waals surface area (Å²) in [5.41, 5.74) is 1.74. The minimum Gasteiger partial charge on any atom is -0.481 e. The first-order valence-corrected chi connectivity index (χ1v) is 9.44. The van der Waals surface area contributed by atoms with Gasteiger partial charge < -0.3 is 14.2 Å². The lowest BCUT2D eigenvalue weighted by Crippen LogP contribution is -2.37. The Kier molecular flexibility index (Phi) is 6.31. The third kappa shape index (κ3) is 4.51. The van der Waals surface area contributed by atoms with Crippen LogP contribution in [0.4, 0.5) is 0 Å². The predicted molar refractivity (Wildman–Crippen MR) is 107 cm³/mol. The van der Waals surface area contributed by atoms with Crippen LogP contribution in [0.1, 0.15) is 25.3 Å². The number of halogens is 1. The van der Waals surface area contributed by atoms with Gasteiger partial charge in [0.15, 0.2) is 6.10 Å². The molecule has 1 heterocycles. The van der Waals surface area contributed by atoms with Gasteiger partial charge in [0.05, 0.1) is 11.6 Å². The first kappa shape index (κ1) is 19.9.